The van der Waals surface area contributed by atoms with Gasteiger partial charge in [0.05, 0.1) is 0 Å². The Morgan fingerprint density at radius 1 is 0.708 bits per heavy atom. The van der Waals surface area contributed by atoms with Crippen molar-refractivity contribution in [1.82, 2.24) is 0 Å². The second-order valence-electron chi connectivity index (χ2n) is 7.12. The number of carbonyl (C=O) groups excluding carboxylic acids is 1. The standard InChI is InChI=1S/C21H43NO2/c1-3-5-6-7-8-9-10-11-12-13-14-15-16-17-18-19-20(22)24-21(23)4-2/h20H,3-19,22H2,1-2H3. The minimum atomic E-state index is -0.403. The molecular formula is C21H43NO2. The van der Waals surface area contributed by atoms with Crippen LogP contribution < -0.4 is 5.73 Å². The molecule has 0 aliphatic rings. The zero-order chi connectivity index (χ0) is 17.9. The van der Waals surface area contributed by atoms with Gasteiger partial charge in [0.1, 0.15) is 0 Å². The van der Waals surface area contributed by atoms with Gasteiger partial charge in [0.2, 0.25) is 0 Å². The molecule has 3 nitrogen and oxygen atoms in total. The largest absolute Gasteiger partial charge is 0.447 e. The van der Waals surface area contributed by atoms with Gasteiger partial charge in [-0.2, -0.15) is 0 Å². The Kier molecular flexibility index (Phi) is 18.3. The van der Waals surface area contributed by atoms with Crippen LogP contribution in [0.15, 0.2) is 0 Å². The van der Waals surface area contributed by atoms with E-state index in [1.807, 2.05) is 0 Å². The second-order valence-corrected chi connectivity index (χ2v) is 7.12. The van der Waals surface area contributed by atoms with Crippen molar-refractivity contribution in [2.24, 2.45) is 5.73 Å². The van der Waals surface area contributed by atoms with E-state index in [1.165, 1.54) is 89.9 Å². The maximum atomic E-state index is 11.1. The Morgan fingerprint density at radius 3 is 1.46 bits per heavy atom. The van der Waals surface area contributed by atoms with Gasteiger partial charge in [-0.25, -0.2) is 0 Å². The predicted octanol–water partition coefficient (Wildman–Crippen LogP) is 6.49. The van der Waals surface area contributed by atoms with Gasteiger partial charge in [-0.1, -0.05) is 104 Å². The molecule has 0 bridgehead atoms. The van der Waals surface area contributed by atoms with E-state index in [-0.39, 0.29) is 5.97 Å². The summed E-state index contributed by atoms with van der Waals surface area (Å²) in [6, 6.07) is 0. The van der Waals surface area contributed by atoms with Gasteiger partial charge in [0.15, 0.2) is 6.23 Å². The number of hydrogen-bond acceptors (Lipinski definition) is 3. The van der Waals surface area contributed by atoms with Crippen molar-refractivity contribution in [3.05, 3.63) is 0 Å². The highest BCUT2D eigenvalue weighted by Crippen LogP contribution is 2.14. The van der Waals surface area contributed by atoms with Gasteiger partial charge in [0.25, 0.3) is 0 Å². The van der Waals surface area contributed by atoms with Crippen LogP contribution in [0.2, 0.25) is 0 Å². The molecule has 0 radical (unpaired) electrons. The smallest absolute Gasteiger partial charge is 0.307 e. The first-order valence-corrected chi connectivity index (χ1v) is 10.7. The normalized spacial score (nSPS) is 12.3. The molecule has 0 saturated heterocycles. The van der Waals surface area contributed by atoms with Crippen LogP contribution in [0.25, 0.3) is 0 Å². The molecule has 0 aromatic carbocycles. The molecule has 144 valence electrons. The van der Waals surface area contributed by atoms with E-state index in [0.29, 0.717) is 6.42 Å². The van der Waals surface area contributed by atoms with Crippen LogP contribution in [0.3, 0.4) is 0 Å². The molecular weight excluding hydrogens is 298 g/mol. The molecule has 0 aromatic heterocycles. The van der Waals surface area contributed by atoms with Crippen molar-refractivity contribution in [3.63, 3.8) is 0 Å². The first-order valence-electron chi connectivity index (χ1n) is 10.7. The molecule has 1 unspecified atom stereocenters. The van der Waals surface area contributed by atoms with Crippen molar-refractivity contribution in [3.8, 4) is 0 Å². The highest BCUT2D eigenvalue weighted by molar-refractivity contribution is 5.68. The molecule has 0 saturated carbocycles. The topological polar surface area (TPSA) is 52.3 Å². The molecule has 0 aliphatic heterocycles. The minimum absolute atomic E-state index is 0.191. The third-order valence-electron chi connectivity index (χ3n) is 4.66. The van der Waals surface area contributed by atoms with Crippen LogP contribution in [-0.4, -0.2) is 12.2 Å². The van der Waals surface area contributed by atoms with Gasteiger partial charge in [-0.05, 0) is 12.8 Å². The molecule has 0 aliphatic carbocycles. The first kappa shape index (κ1) is 23.4. The Balaban J connectivity index is 3.11. The van der Waals surface area contributed by atoms with Crippen molar-refractivity contribution in [1.29, 1.82) is 0 Å². The second kappa shape index (κ2) is 18.8. The molecule has 1 atom stereocenters. The van der Waals surface area contributed by atoms with Gasteiger partial charge in [-0.15, -0.1) is 0 Å². The van der Waals surface area contributed by atoms with Crippen LogP contribution in [0.1, 0.15) is 123 Å². The predicted molar refractivity (Wildman–Crippen MR) is 104 cm³/mol. The summed E-state index contributed by atoms with van der Waals surface area (Å²) in [5, 5.41) is 0. The summed E-state index contributed by atoms with van der Waals surface area (Å²) >= 11 is 0. The average Bonchev–Trinajstić information content (AvgIpc) is 2.58. The Bertz CT molecular complexity index is 269. The van der Waals surface area contributed by atoms with E-state index >= 15 is 0 Å². The number of esters is 1. The van der Waals surface area contributed by atoms with Crippen LogP contribution in [-0.2, 0) is 9.53 Å². The number of unbranched alkanes of at least 4 members (excludes halogenated alkanes) is 14. The lowest BCUT2D eigenvalue weighted by Crippen LogP contribution is -2.26. The third kappa shape index (κ3) is 17.8. The summed E-state index contributed by atoms with van der Waals surface area (Å²) in [5.41, 5.74) is 5.76. The summed E-state index contributed by atoms with van der Waals surface area (Å²) in [4.78, 5) is 11.1. The zero-order valence-electron chi connectivity index (χ0n) is 16.5. The number of rotatable bonds is 18. The third-order valence-corrected chi connectivity index (χ3v) is 4.66. The summed E-state index contributed by atoms with van der Waals surface area (Å²) in [6.45, 7) is 4.07. The van der Waals surface area contributed by atoms with Crippen LogP contribution in [0, 0.1) is 0 Å². The molecule has 3 heteroatoms. The molecule has 0 fully saturated rings. The molecule has 0 rings (SSSR count). The van der Waals surface area contributed by atoms with Crippen LogP contribution >= 0.6 is 0 Å². The van der Waals surface area contributed by atoms with Crippen molar-refractivity contribution >= 4 is 5.97 Å². The van der Waals surface area contributed by atoms with Gasteiger partial charge in [-0.3, -0.25) is 10.5 Å². The fourth-order valence-electron chi connectivity index (χ4n) is 3.03. The molecule has 0 spiro atoms. The Morgan fingerprint density at radius 2 is 1.08 bits per heavy atom. The van der Waals surface area contributed by atoms with E-state index < -0.39 is 6.23 Å². The van der Waals surface area contributed by atoms with Crippen molar-refractivity contribution < 1.29 is 9.53 Å². The van der Waals surface area contributed by atoms with E-state index in [2.05, 4.69) is 6.92 Å². The Hall–Kier alpha value is -0.570. The lowest BCUT2D eigenvalue weighted by atomic mass is 10.0. The van der Waals surface area contributed by atoms with Gasteiger partial charge in [0, 0.05) is 6.42 Å². The molecule has 24 heavy (non-hydrogen) atoms. The summed E-state index contributed by atoms with van der Waals surface area (Å²) < 4.78 is 5.06. The van der Waals surface area contributed by atoms with E-state index in [9.17, 15) is 4.79 Å². The first-order chi connectivity index (χ1) is 11.7. The summed E-state index contributed by atoms with van der Waals surface area (Å²) in [5.74, 6) is -0.191. The molecule has 2 N–H and O–H groups in total. The number of ether oxygens (including phenoxy) is 1. The van der Waals surface area contributed by atoms with Crippen molar-refractivity contribution in [2.75, 3.05) is 0 Å². The monoisotopic (exact) mass is 341 g/mol. The number of hydrogen-bond donors (Lipinski definition) is 1. The quantitative estimate of drug-likeness (QED) is 0.176. The van der Waals surface area contributed by atoms with Crippen molar-refractivity contribution in [2.45, 2.75) is 129 Å². The zero-order valence-corrected chi connectivity index (χ0v) is 16.5. The average molecular weight is 342 g/mol. The van der Waals surface area contributed by atoms with Gasteiger partial charge >= 0.3 is 5.97 Å². The number of nitrogens with two attached hydrogens (primary N) is 1. The van der Waals surface area contributed by atoms with Crippen LogP contribution in [0.5, 0.6) is 0 Å². The lowest BCUT2D eigenvalue weighted by molar-refractivity contribution is -0.148. The van der Waals surface area contributed by atoms with E-state index in [4.69, 9.17) is 10.5 Å². The van der Waals surface area contributed by atoms with E-state index in [1.54, 1.807) is 6.92 Å². The maximum Gasteiger partial charge on any atom is 0.307 e. The SMILES string of the molecule is CCCCCCCCCCCCCCCCCC(N)OC(=O)CC. The molecule has 0 heterocycles. The Labute approximate surface area is 151 Å². The maximum absolute atomic E-state index is 11.1. The molecule has 0 amide bonds. The lowest BCUT2D eigenvalue weighted by Gasteiger charge is -2.12. The van der Waals surface area contributed by atoms with E-state index in [0.717, 1.165) is 12.8 Å². The molecule has 0 aromatic rings. The highest BCUT2D eigenvalue weighted by atomic mass is 16.6. The van der Waals surface area contributed by atoms with Crippen LogP contribution in [0.4, 0.5) is 0 Å². The minimum Gasteiger partial charge on any atom is -0.447 e. The van der Waals surface area contributed by atoms with Gasteiger partial charge < -0.3 is 4.74 Å². The highest BCUT2D eigenvalue weighted by Gasteiger charge is 2.06. The summed E-state index contributed by atoms with van der Waals surface area (Å²) in [7, 11) is 0. The summed E-state index contributed by atoms with van der Waals surface area (Å²) in [6.07, 6.45) is 21.2. The number of carbonyl (C=O) groups is 1. The fraction of sp³-hybridized carbons (Fsp3) is 0.952. The fourth-order valence-corrected chi connectivity index (χ4v) is 3.03.